The molecule has 1 rings (SSSR count). The van der Waals surface area contributed by atoms with Crippen LogP contribution in [0.15, 0.2) is 28.3 Å². The highest BCUT2D eigenvalue weighted by atomic mass is 32.2. The van der Waals surface area contributed by atoms with Gasteiger partial charge < -0.3 is 16.0 Å². The average Bonchev–Trinajstić information content (AvgIpc) is 2.36. The molecule has 1 aromatic carbocycles. The van der Waals surface area contributed by atoms with Crippen LogP contribution in [0, 0.1) is 0 Å². The number of amidine groups is 1. The molecule has 0 aliphatic heterocycles. The molecule has 0 bridgehead atoms. The quantitative estimate of drug-likeness (QED) is 0.262. The van der Waals surface area contributed by atoms with Crippen LogP contribution in [0.4, 0.5) is 13.2 Å². The number of hydrogen-bond donors (Lipinski definition) is 3. The van der Waals surface area contributed by atoms with Crippen LogP contribution < -0.4 is 5.73 Å². The third-order valence-electron chi connectivity index (χ3n) is 2.27. The summed E-state index contributed by atoms with van der Waals surface area (Å²) in [4.78, 5) is 0.350. The largest absolute Gasteiger partial charge is 0.417 e. The summed E-state index contributed by atoms with van der Waals surface area (Å²) in [5.41, 5.74) is 3.87. The van der Waals surface area contributed by atoms with E-state index < -0.39 is 17.6 Å². The van der Waals surface area contributed by atoms with Crippen LogP contribution in [0.1, 0.15) is 18.1 Å². The molecular weight excluding hydrogens is 281 g/mol. The Hall–Kier alpha value is -1.41. The van der Waals surface area contributed by atoms with Gasteiger partial charge in [0.2, 0.25) is 0 Å². The number of hydrogen-bond acceptors (Lipinski definition) is 4. The minimum Gasteiger partial charge on any atom is -0.409 e. The summed E-state index contributed by atoms with van der Waals surface area (Å²) in [6.07, 6.45) is -4.61. The van der Waals surface area contributed by atoms with Crippen molar-refractivity contribution in [3.05, 3.63) is 29.3 Å². The fraction of sp³-hybridized carbons (Fsp3) is 0.364. The summed E-state index contributed by atoms with van der Waals surface area (Å²) < 4.78 is 38.7. The van der Waals surface area contributed by atoms with Crippen molar-refractivity contribution in [2.75, 3.05) is 6.61 Å². The first-order valence-electron chi connectivity index (χ1n) is 5.26. The third-order valence-corrected chi connectivity index (χ3v) is 3.35. The molecule has 0 spiro atoms. The second-order valence-electron chi connectivity index (χ2n) is 3.80. The monoisotopic (exact) mass is 294 g/mol. The van der Waals surface area contributed by atoms with Gasteiger partial charge in [0.15, 0.2) is 5.84 Å². The Bertz CT molecular complexity index is 477. The van der Waals surface area contributed by atoms with Crippen LogP contribution in [0.2, 0.25) is 0 Å². The van der Waals surface area contributed by atoms with Crippen molar-refractivity contribution in [3.63, 3.8) is 0 Å². The summed E-state index contributed by atoms with van der Waals surface area (Å²) in [7, 11) is 0. The number of halogens is 3. The summed E-state index contributed by atoms with van der Waals surface area (Å²) in [6.45, 7) is 1.55. The molecule has 4 N–H and O–H groups in total. The molecule has 1 aromatic rings. The molecule has 19 heavy (non-hydrogen) atoms. The second kappa shape index (κ2) is 6.16. The zero-order valence-corrected chi connectivity index (χ0v) is 10.8. The van der Waals surface area contributed by atoms with E-state index in [1.54, 1.807) is 6.92 Å². The first-order chi connectivity index (χ1) is 8.79. The maximum atomic E-state index is 12.9. The predicted molar refractivity (Wildman–Crippen MR) is 66.4 cm³/mol. The molecule has 0 amide bonds. The van der Waals surface area contributed by atoms with E-state index >= 15 is 0 Å². The molecule has 0 aromatic heterocycles. The molecule has 0 saturated carbocycles. The molecule has 8 heteroatoms. The topological polar surface area (TPSA) is 78.8 Å². The Morgan fingerprint density at radius 3 is 2.58 bits per heavy atom. The lowest BCUT2D eigenvalue weighted by Gasteiger charge is -2.14. The minimum absolute atomic E-state index is 0.145. The van der Waals surface area contributed by atoms with E-state index in [-0.39, 0.29) is 17.4 Å². The second-order valence-corrected chi connectivity index (χ2v) is 5.31. The number of aliphatic hydroxyl groups excluding tert-OH is 1. The van der Waals surface area contributed by atoms with E-state index in [0.717, 1.165) is 23.9 Å². The van der Waals surface area contributed by atoms with Crippen molar-refractivity contribution in [2.24, 2.45) is 10.9 Å². The Labute approximate surface area is 112 Å². The number of rotatable bonds is 4. The number of thioether (sulfide) groups is 1. The molecular formula is C11H13F3N2O2S. The van der Waals surface area contributed by atoms with Gasteiger partial charge in [-0.3, -0.25) is 0 Å². The first kappa shape index (κ1) is 15.6. The van der Waals surface area contributed by atoms with Gasteiger partial charge in [-0.15, -0.1) is 11.8 Å². The predicted octanol–water partition coefficient (Wildman–Crippen LogP) is 2.27. The SMILES string of the molecule is CC(CO)Sc1ccc(/C(N)=N/O)c(C(F)(F)F)c1. The maximum Gasteiger partial charge on any atom is 0.417 e. The molecule has 1 atom stereocenters. The van der Waals surface area contributed by atoms with E-state index in [9.17, 15) is 13.2 Å². The number of alkyl halides is 3. The number of nitrogens with zero attached hydrogens (tertiary/aromatic N) is 1. The van der Waals surface area contributed by atoms with Crippen molar-refractivity contribution in [3.8, 4) is 0 Å². The van der Waals surface area contributed by atoms with Gasteiger partial charge in [-0.05, 0) is 18.2 Å². The highest BCUT2D eigenvalue weighted by Crippen LogP contribution is 2.35. The third kappa shape index (κ3) is 4.03. The number of nitrogens with two attached hydrogens (primary N) is 1. The minimum atomic E-state index is -4.61. The van der Waals surface area contributed by atoms with Gasteiger partial charge in [-0.1, -0.05) is 12.1 Å². The van der Waals surface area contributed by atoms with Crippen molar-refractivity contribution < 1.29 is 23.5 Å². The average molecular weight is 294 g/mol. The molecule has 0 radical (unpaired) electrons. The van der Waals surface area contributed by atoms with Crippen LogP contribution in [-0.2, 0) is 6.18 Å². The van der Waals surface area contributed by atoms with E-state index in [2.05, 4.69) is 5.16 Å². The van der Waals surface area contributed by atoms with Gasteiger partial charge in [-0.25, -0.2) is 0 Å². The lowest BCUT2D eigenvalue weighted by Crippen LogP contribution is -2.20. The van der Waals surface area contributed by atoms with Gasteiger partial charge >= 0.3 is 6.18 Å². The van der Waals surface area contributed by atoms with Crippen molar-refractivity contribution >= 4 is 17.6 Å². The summed E-state index contributed by atoms with van der Waals surface area (Å²) >= 11 is 1.11. The van der Waals surface area contributed by atoms with Crippen LogP contribution in [0.5, 0.6) is 0 Å². The van der Waals surface area contributed by atoms with E-state index in [1.165, 1.54) is 6.07 Å². The molecule has 4 nitrogen and oxygen atoms in total. The molecule has 0 fully saturated rings. The van der Waals surface area contributed by atoms with Gasteiger partial charge in [0.25, 0.3) is 0 Å². The van der Waals surface area contributed by atoms with Gasteiger partial charge in [0.05, 0.1) is 12.2 Å². The van der Waals surface area contributed by atoms with Crippen LogP contribution >= 0.6 is 11.8 Å². The number of aliphatic hydroxyl groups is 1. The Kier molecular flexibility index (Phi) is 5.07. The normalized spacial score (nSPS) is 14.5. The van der Waals surface area contributed by atoms with Crippen molar-refractivity contribution in [1.82, 2.24) is 0 Å². The Balaban J connectivity index is 3.24. The zero-order chi connectivity index (χ0) is 14.6. The first-order valence-corrected chi connectivity index (χ1v) is 6.14. The van der Waals surface area contributed by atoms with Gasteiger partial charge in [0.1, 0.15) is 0 Å². The number of benzene rings is 1. The molecule has 106 valence electrons. The maximum absolute atomic E-state index is 12.9. The molecule has 0 heterocycles. The Morgan fingerprint density at radius 1 is 1.47 bits per heavy atom. The fourth-order valence-electron chi connectivity index (χ4n) is 1.38. The zero-order valence-electron chi connectivity index (χ0n) is 9.98. The summed E-state index contributed by atoms with van der Waals surface area (Å²) in [5.74, 6) is -0.598. The van der Waals surface area contributed by atoms with E-state index in [4.69, 9.17) is 16.0 Å². The highest BCUT2D eigenvalue weighted by molar-refractivity contribution is 8.00. The van der Waals surface area contributed by atoms with Gasteiger partial charge in [0, 0.05) is 15.7 Å². The lowest BCUT2D eigenvalue weighted by molar-refractivity contribution is -0.137. The summed E-state index contributed by atoms with van der Waals surface area (Å²) in [6, 6.07) is 3.49. The fourth-order valence-corrected chi connectivity index (χ4v) is 2.25. The van der Waals surface area contributed by atoms with Gasteiger partial charge in [-0.2, -0.15) is 13.2 Å². The molecule has 1 unspecified atom stereocenters. The van der Waals surface area contributed by atoms with Crippen LogP contribution in [-0.4, -0.2) is 28.0 Å². The standard InChI is InChI=1S/C11H13F3N2O2S/c1-6(5-17)19-7-2-3-8(10(15)16-18)9(4-7)11(12,13)14/h2-4,6,17-18H,5H2,1H3,(H2,15,16). The van der Waals surface area contributed by atoms with Crippen molar-refractivity contribution in [2.45, 2.75) is 23.2 Å². The van der Waals surface area contributed by atoms with Crippen LogP contribution in [0.25, 0.3) is 0 Å². The molecule has 0 aliphatic carbocycles. The van der Waals surface area contributed by atoms with Crippen LogP contribution in [0.3, 0.4) is 0 Å². The lowest BCUT2D eigenvalue weighted by atomic mass is 10.1. The summed E-state index contributed by atoms with van der Waals surface area (Å²) in [5, 5.41) is 19.7. The van der Waals surface area contributed by atoms with E-state index in [0.29, 0.717) is 4.90 Å². The molecule has 0 aliphatic rings. The smallest absolute Gasteiger partial charge is 0.409 e. The van der Waals surface area contributed by atoms with E-state index in [1.807, 2.05) is 0 Å². The molecule has 0 saturated heterocycles. The number of oxime groups is 1. The highest BCUT2D eigenvalue weighted by Gasteiger charge is 2.34. The Morgan fingerprint density at radius 2 is 2.11 bits per heavy atom. The van der Waals surface area contributed by atoms with Crippen molar-refractivity contribution in [1.29, 1.82) is 0 Å².